The molecule has 0 N–H and O–H groups in total. The summed E-state index contributed by atoms with van der Waals surface area (Å²) in [7, 11) is 0. The van der Waals surface area contributed by atoms with E-state index in [2.05, 4.69) is 13.8 Å². The minimum atomic E-state index is -0.546. The highest BCUT2D eigenvalue weighted by Gasteiger charge is 2.07. The molecule has 0 saturated heterocycles. The van der Waals surface area contributed by atoms with Gasteiger partial charge < -0.3 is 0 Å². The van der Waals surface area contributed by atoms with Crippen molar-refractivity contribution in [3.05, 3.63) is 59.2 Å². The minimum Gasteiger partial charge on any atom is -0.207 e. The molecule has 0 atom stereocenters. The molecule has 0 fully saturated rings. The van der Waals surface area contributed by atoms with Crippen molar-refractivity contribution in [3.63, 3.8) is 0 Å². The number of hydrogen-bond acceptors (Lipinski definition) is 0. The summed E-state index contributed by atoms with van der Waals surface area (Å²) in [5.41, 5.74) is 3.82. The Morgan fingerprint density at radius 3 is 1.94 bits per heavy atom. The van der Waals surface area contributed by atoms with Crippen LogP contribution >= 0.6 is 0 Å². The first-order valence-electron chi connectivity index (χ1n) is 6.04. The van der Waals surface area contributed by atoms with Gasteiger partial charge in [0.15, 0.2) is 0 Å². The fourth-order valence-electron chi connectivity index (χ4n) is 2.22. The SMILES string of the molecule is Cc1cc(-c2cc(F)cc(F)c2)ccc1C(C)C. The van der Waals surface area contributed by atoms with E-state index in [1.807, 2.05) is 25.1 Å². The normalized spacial score (nSPS) is 11.0. The molecule has 0 heterocycles. The fraction of sp³-hybridized carbons (Fsp3) is 0.250. The summed E-state index contributed by atoms with van der Waals surface area (Å²) >= 11 is 0. The highest BCUT2D eigenvalue weighted by Crippen LogP contribution is 2.27. The van der Waals surface area contributed by atoms with Crippen molar-refractivity contribution < 1.29 is 8.78 Å². The lowest BCUT2D eigenvalue weighted by Gasteiger charge is -2.11. The summed E-state index contributed by atoms with van der Waals surface area (Å²) in [6.45, 7) is 6.28. The van der Waals surface area contributed by atoms with E-state index in [0.717, 1.165) is 17.2 Å². The van der Waals surface area contributed by atoms with Crippen LogP contribution in [0, 0.1) is 18.6 Å². The third kappa shape index (κ3) is 2.58. The average molecular weight is 246 g/mol. The van der Waals surface area contributed by atoms with Crippen LogP contribution in [0.3, 0.4) is 0 Å². The number of benzene rings is 2. The van der Waals surface area contributed by atoms with Crippen LogP contribution in [0.25, 0.3) is 11.1 Å². The standard InChI is InChI=1S/C16H16F2/c1-10(2)16-5-4-12(6-11(16)3)13-7-14(17)9-15(18)8-13/h4-10H,1-3H3. The molecule has 0 nitrogen and oxygen atoms in total. The molecule has 0 spiro atoms. The Labute approximate surface area is 106 Å². The van der Waals surface area contributed by atoms with Gasteiger partial charge in [0.1, 0.15) is 11.6 Å². The van der Waals surface area contributed by atoms with Gasteiger partial charge in [-0.15, -0.1) is 0 Å². The van der Waals surface area contributed by atoms with Gasteiger partial charge in [-0.3, -0.25) is 0 Å². The van der Waals surface area contributed by atoms with E-state index in [0.29, 0.717) is 11.5 Å². The maximum absolute atomic E-state index is 13.2. The van der Waals surface area contributed by atoms with Gasteiger partial charge in [0, 0.05) is 6.07 Å². The monoisotopic (exact) mass is 246 g/mol. The molecular formula is C16H16F2. The number of rotatable bonds is 2. The lowest BCUT2D eigenvalue weighted by atomic mass is 9.94. The minimum absolute atomic E-state index is 0.447. The number of hydrogen-bond donors (Lipinski definition) is 0. The third-order valence-electron chi connectivity index (χ3n) is 3.09. The third-order valence-corrected chi connectivity index (χ3v) is 3.09. The van der Waals surface area contributed by atoms with Crippen LogP contribution in [0.1, 0.15) is 30.9 Å². The second kappa shape index (κ2) is 4.89. The van der Waals surface area contributed by atoms with Gasteiger partial charge in [-0.05, 0) is 47.2 Å². The van der Waals surface area contributed by atoms with E-state index in [-0.39, 0.29) is 0 Å². The van der Waals surface area contributed by atoms with Gasteiger partial charge in [0.2, 0.25) is 0 Å². The molecule has 0 aromatic heterocycles. The maximum atomic E-state index is 13.2. The summed E-state index contributed by atoms with van der Waals surface area (Å²) in [5, 5.41) is 0. The van der Waals surface area contributed by atoms with Crippen molar-refractivity contribution in [2.45, 2.75) is 26.7 Å². The van der Waals surface area contributed by atoms with Crippen LogP contribution < -0.4 is 0 Å². The van der Waals surface area contributed by atoms with Crippen molar-refractivity contribution >= 4 is 0 Å². The topological polar surface area (TPSA) is 0 Å². The molecule has 0 unspecified atom stereocenters. The first-order chi connectivity index (χ1) is 8.47. The van der Waals surface area contributed by atoms with Gasteiger partial charge in [0.25, 0.3) is 0 Å². The highest BCUT2D eigenvalue weighted by molar-refractivity contribution is 5.65. The Hall–Kier alpha value is -1.70. The Morgan fingerprint density at radius 1 is 0.833 bits per heavy atom. The van der Waals surface area contributed by atoms with E-state index in [1.165, 1.54) is 17.7 Å². The predicted molar refractivity (Wildman–Crippen MR) is 70.6 cm³/mol. The smallest absolute Gasteiger partial charge is 0.126 e. The Balaban J connectivity index is 2.48. The maximum Gasteiger partial charge on any atom is 0.126 e. The van der Waals surface area contributed by atoms with E-state index < -0.39 is 11.6 Å². The van der Waals surface area contributed by atoms with Crippen LogP contribution in [0.5, 0.6) is 0 Å². The molecule has 94 valence electrons. The first kappa shape index (κ1) is 12.7. The zero-order valence-corrected chi connectivity index (χ0v) is 10.8. The molecule has 2 heteroatoms. The first-order valence-corrected chi connectivity index (χ1v) is 6.04. The Kier molecular flexibility index (Phi) is 3.46. The molecule has 2 aromatic carbocycles. The highest BCUT2D eigenvalue weighted by atomic mass is 19.1. The molecule has 0 radical (unpaired) electrons. The molecule has 0 aliphatic rings. The van der Waals surface area contributed by atoms with Gasteiger partial charge in [-0.25, -0.2) is 8.78 Å². The van der Waals surface area contributed by atoms with Gasteiger partial charge >= 0.3 is 0 Å². The second-order valence-electron chi connectivity index (χ2n) is 4.88. The second-order valence-corrected chi connectivity index (χ2v) is 4.88. The summed E-state index contributed by atoms with van der Waals surface area (Å²) in [6, 6.07) is 9.51. The lowest BCUT2D eigenvalue weighted by Crippen LogP contribution is -1.93. The van der Waals surface area contributed by atoms with Crippen molar-refractivity contribution in [1.29, 1.82) is 0 Å². The van der Waals surface area contributed by atoms with Gasteiger partial charge in [-0.1, -0.05) is 32.0 Å². The zero-order valence-electron chi connectivity index (χ0n) is 10.8. The van der Waals surface area contributed by atoms with Crippen LogP contribution in [0.15, 0.2) is 36.4 Å². The molecule has 0 aliphatic carbocycles. The van der Waals surface area contributed by atoms with Gasteiger partial charge in [0.05, 0.1) is 0 Å². The van der Waals surface area contributed by atoms with Crippen LogP contribution in [-0.4, -0.2) is 0 Å². The van der Waals surface area contributed by atoms with Crippen molar-refractivity contribution in [2.75, 3.05) is 0 Å². The number of halogens is 2. The summed E-state index contributed by atoms with van der Waals surface area (Å²) in [6.07, 6.45) is 0. The molecule has 0 bridgehead atoms. The van der Waals surface area contributed by atoms with Crippen LogP contribution in [0.2, 0.25) is 0 Å². The molecule has 18 heavy (non-hydrogen) atoms. The fourth-order valence-corrected chi connectivity index (χ4v) is 2.22. The Morgan fingerprint density at radius 2 is 1.44 bits per heavy atom. The lowest BCUT2D eigenvalue weighted by molar-refractivity contribution is 0.584. The van der Waals surface area contributed by atoms with E-state index in [4.69, 9.17) is 0 Å². The van der Waals surface area contributed by atoms with E-state index in [1.54, 1.807) is 0 Å². The average Bonchev–Trinajstić information content (AvgIpc) is 2.26. The largest absolute Gasteiger partial charge is 0.207 e. The van der Waals surface area contributed by atoms with E-state index >= 15 is 0 Å². The Bertz CT molecular complexity index is 551. The predicted octanol–water partition coefficient (Wildman–Crippen LogP) is 5.06. The van der Waals surface area contributed by atoms with E-state index in [9.17, 15) is 8.78 Å². The van der Waals surface area contributed by atoms with Crippen molar-refractivity contribution in [3.8, 4) is 11.1 Å². The van der Waals surface area contributed by atoms with Crippen LogP contribution in [-0.2, 0) is 0 Å². The molecule has 2 aromatic rings. The van der Waals surface area contributed by atoms with Crippen LogP contribution in [0.4, 0.5) is 8.78 Å². The molecular weight excluding hydrogens is 230 g/mol. The summed E-state index contributed by atoms with van der Waals surface area (Å²) < 4.78 is 26.4. The van der Waals surface area contributed by atoms with Crippen molar-refractivity contribution in [2.24, 2.45) is 0 Å². The summed E-state index contributed by atoms with van der Waals surface area (Å²) in [5.74, 6) is -0.644. The summed E-state index contributed by atoms with van der Waals surface area (Å²) in [4.78, 5) is 0. The molecule has 2 rings (SSSR count). The molecule has 0 amide bonds. The molecule has 0 saturated carbocycles. The quantitative estimate of drug-likeness (QED) is 0.694. The van der Waals surface area contributed by atoms with Gasteiger partial charge in [-0.2, -0.15) is 0 Å². The van der Waals surface area contributed by atoms with Crippen molar-refractivity contribution in [1.82, 2.24) is 0 Å². The number of aryl methyl sites for hydroxylation is 1. The zero-order chi connectivity index (χ0) is 13.3. The molecule has 0 aliphatic heterocycles.